The van der Waals surface area contributed by atoms with Crippen molar-refractivity contribution in [2.24, 2.45) is 14.6 Å². The number of aliphatic imine (C=N–C) groups is 1. The minimum atomic E-state index is -1.41. The third kappa shape index (κ3) is 23.6. The predicted molar refractivity (Wildman–Crippen MR) is 458 cm³/mol. The molecule has 0 amide bonds. The summed E-state index contributed by atoms with van der Waals surface area (Å²) in [5.74, 6) is 4.10. The second kappa shape index (κ2) is 41.9. The second-order valence-corrected chi connectivity index (χ2v) is 30.0. The van der Waals surface area contributed by atoms with E-state index in [0.717, 1.165) is 194 Å². The fraction of sp³-hybridized carbons (Fsp3) is 0.278. The monoisotopic (exact) mass is 1750 g/mol. The summed E-state index contributed by atoms with van der Waals surface area (Å²) in [5, 5.41) is 54.7. The van der Waals surface area contributed by atoms with Crippen LogP contribution in [-0.4, -0.2) is 95.3 Å². The van der Waals surface area contributed by atoms with E-state index in [1.54, 1.807) is 31.5 Å². The number of nitrogens with two attached hydrogens (primary N) is 3. The number of halogens is 3. The van der Waals surface area contributed by atoms with Gasteiger partial charge in [0, 0.05) is 110 Å². The zero-order chi connectivity index (χ0) is 82.8. The molecule has 5 aromatic carbocycles. The molecular weight excluding hydrogens is 1660 g/mol. The number of hydrogen-bond acceptors (Lipinski definition) is 26. The number of nitrogens with one attached hydrogen (secondary N) is 1. The Hall–Kier alpha value is -8.99. The van der Waals surface area contributed by atoms with Gasteiger partial charge in [-0.25, -0.2) is 0 Å². The normalized spacial score (nSPS) is 12.2. The Morgan fingerprint density at radius 2 is 1.00 bits per heavy atom. The Morgan fingerprint density at radius 1 is 0.558 bits per heavy atom. The maximum atomic E-state index is 8.72. The number of aromatic nitrogens is 9. The van der Waals surface area contributed by atoms with Crippen LogP contribution in [0.3, 0.4) is 0 Å². The Balaban J connectivity index is 0.000000206. The van der Waals surface area contributed by atoms with Crippen LogP contribution in [-0.2, 0) is 15.9 Å². The molecule has 113 heavy (non-hydrogen) atoms. The van der Waals surface area contributed by atoms with Crippen molar-refractivity contribution < 1.29 is 71.5 Å². The molecule has 0 bridgehead atoms. The van der Waals surface area contributed by atoms with Gasteiger partial charge in [0.15, 0.2) is 0 Å². The SMILES string of the molecule is Cc1cc(-c2c(C)noc2C)cc(Br)c1N.Cc1cc(-c2c(C)noc2C)ccc1N.Cc1cc(Br)ccc1N.Cc1ncccc1-c1cc(-c2c(C)noc2C)cc2cn[nH]c12.Cc1ncccc1B(O)O.Cc1noc(C)c1-c1cc(Br)c2c(c1)C=NC2.Cc1noc(C)c1B1OC(C)(C)C(C)(C)O1.O=N[O-].[B]=NS.[Na+]. The first-order chi connectivity index (χ1) is 52.9. The molecule has 1 saturated heterocycles. The number of benzene rings is 5. The van der Waals surface area contributed by atoms with Crippen LogP contribution in [0, 0.1) is 114 Å². The summed E-state index contributed by atoms with van der Waals surface area (Å²) in [6, 6.07) is 31.7. The van der Waals surface area contributed by atoms with Crippen molar-refractivity contribution >= 4 is 128 Å². The number of pyridine rings is 2. The number of aryl methyl sites for hydroxylation is 15. The molecular formula is C79H89B3Br3N15NaO11S. The van der Waals surface area contributed by atoms with E-state index in [4.69, 9.17) is 69.3 Å². The summed E-state index contributed by atoms with van der Waals surface area (Å²) in [5.41, 5.74) is 43.9. The molecule has 0 aliphatic carbocycles. The van der Waals surface area contributed by atoms with Crippen LogP contribution in [0.4, 0.5) is 17.1 Å². The average molecular weight is 1750 g/mol. The van der Waals surface area contributed by atoms with Gasteiger partial charge < -0.3 is 69.3 Å². The first-order valence-electron chi connectivity index (χ1n) is 34.8. The molecule has 0 atom stereocenters. The number of H-pyrrole nitrogens is 1. The number of rotatable bonds is 7. The molecule has 26 nitrogen and oxygen atoms in total. The van der Waals surface area contributed by atoms with E-state index >= 15 is 0 Å². The maximum Gasteiger partial charge on any atom is 1.00 e. The van der Waals surface area contributed by atoms with Crippen molar-refractivity contribution in [2.45, 2.75) is 149 Å². The molecule has 34 heteroatoms. The zero-order valence-corrected chi connectivity index (χ0v) is 74.4. The number of fused-ring (bicyclic) bond motifs is 2. The van der Waals surface area contributed by atoms with Gasteiger partial charge in [-0.05, 0) is 276 Å². The van der Waals surface area contributed by atoms with Crippen LogP contribution in [0.15, 0.2) is 166 Å². The van der Waals surface area contributed by atoms with Gasteiger partial charge in [-0.1, -0.05) is 75.8 Å². The molecule has 0 unspecified atom stereocenters. The van der Waals surface area contributed by atoms with Gasteiger partial charge in [0.25, 0.3) is 0 Å². The van der Waals surface area contributed by atoms with Crippen LogP contribution in [0.5, 0.6) is 0 Å². The van der Waals surface area contributed by atoms with Gasteiger partial charge in [0.05, 0.1) is 57.9 Å². The fourth-order valence-electron chi connectivity index (χ4n) is 12.0. The van der Waals surface area contributed by atoms with E-state index in [2.05, 4.69) is 160 Å². The molecule has 2 aliphatic rings. The molecule has 15 rings (SSSR count). The van der Waals surface area contributed by atoms with Gasteiger partial charge in [0.1, 0.15) is 28.8 Å². The maximum absolute atomic E-state index is 8.72. The number of nitrogen functional groups attached to an aromatic ring is 3. The van der Waals surface area contributed by atoms with Crippen molar-refractivity contribution in [3.63, 3.8) is 0 Å². The molecule has 1 fully saturated rings. The quantitative estimate of drug-likeness (QED) is 0.0256. The first-order valence-corrected chi connectivity index (χ1v) is 37.6. The second-order valence-electron chi connectivity index (χ2n) is 27.1. The van der Waals surface area contributed by atoms with Crippen molar-refractivity contribution in [3.05, 3.63) is 236 Å². The fourth-order valence-corrected chi connectivity index (χ4v) is 13.6. The summed E-state index contributed by atoms with van der Waals surface area (Å²) in [6.45, 7) is 37.9. The van der Waals surface area contributed by atoms with Gasteiger partial charge >= 0.3 is 68.5 Å². The van der Waals surface area contributed by atoms with Crippen LogP contribution < -0.4 is 57.7 Å². The van der Waals surface area contributed by atoms with E-state index in [1.165, 1.54) is 11.1 Å². The van der Waals surface area contributed by atoms with Crippen LogP contribution in [0.1, 0.15) is 124 Å². The Morgan fingerprint density at radius 3 is 1.43 bits per heavy atom. The van der Waals surface area contributed by atoms with Crippen LogP contribution in [0.2, 0.25) is 0 Å². The Labute approximate surface area is 711 Å². The standard InChI is InChI=1S/C18H16N4O.C13H11BrN2O.C12H13BrN2O.C12H14N2O.C11H18BNO3.C7H8BrN.C6H8BNO2.BHNS.HNO2.Na/c1-10-15(5-4-6-19-10)16-8-13(7-14-9-20-21-18(14)16)17-11(2)22-23-12(17)3;1-7-13(8(2)17-16-7)9-3-10-5-15-6-11(10)12(14)4-9;1-6-4-9(5-10(13)12(6)14)11-7(2)15-16-8(11)3;1-7-6-10(4-5-11(7)13)12-8(2)14-15-9(12)3;1-7-9(8(2)14-13-7)12-15-10(3,4)11(5,6)16-12;1-5-4-6(8)2-3-7(5)9;1-5-6(7(9)10)3-2-4-8-5;1-2-3;2-1-3;/h4-9H,1-3H3,(H,20,21);3-5H,6H2,1-2H3;4-5H,14H2,1-3H3;4-6H,13H2,1-3H3;1-6H3;2-4H,9H2,1H3;2-4,9-10H,1H3;3H;(H,2,3);/q;;;;;;;;;+1/p-1. The Kier molecular flexibility index (Phi) is 34.4. The van der Waals surface area contributed by atoms with Crippen molar-refractivity contribution in [3.8, 4) is 55.6 Å². The number of nitrogens with zero attached hydrogens (tertiary/aromatic N) is 11. The largest absolute Gasteiger partial charge is 1.00 e. The van der Waals surface area contributed by atoms with Crippen LogP contribution >= 0.6 is 60.6 Å². The third-order valence-electron chi connectivity index (χ3n) is 18.6. The molecule has 1 radical (unpaired) electrons. The zero-order valence-electron chi connectivity index (χ0n) is 66.8. The molecule has 10 heterocycles. The smallest absolute Gasteiger partial charge is 1.00 e. The topological polar surface area (TPSA) is 399 Å². The molecule has 0 spiro atoms. The van der Waals surface area contributed by atoms with E-state index < -0.39 is 7.12 Å². The minimum Gasteiger partial charge on any atom is 1.00 e. The minimum absolute atomic E-state index is 0. The van der Waals surface area contributed by atoms with Gasteiger partial charge in [-0.2, -0.15) is 5.10 Å². The summed E-state index contributed by atoms with van der Waals surface area (Å²) in [7, 11) is 2.55. The van der Waals surface area contributed by atoms with Gasteiger partial charge in [0.2, 0.25) is 0 Å². The molecule has 13 aromatic rings. The molecule has 2 aliphatic heterocycles. The third-order valence-corrected chi connectivity index (χ3v) is 20.4. The Bertz CT molecular complexity index is 5310. The number of anilines is 3. The first kappa shape index (κ1) is 92.9. The molecule has 583 valence electrons. The van der Waals surface area contributed by atoms with Crippen molar-refractivity contribution in [2.75, 3.05) is 17.2 Å². The summed E-state index contributed by atoms with van der Waals surface area (Å²) in [6.07, 6.45) is 7.18. The number of thiol groups is 1. The number of aromatic amines is 1. The molecule has 8 aromatic heterocycles. The van der Waals surface area contributed by atoms with Gasteiger partial charge in [-0.15, -0.1) is 5.34 Å². The van der Waals surface area contributed by atoms with Crippen LogP contribution in [0.25, 0.3) is 66.5 Å². The van der Waals surface area contributed by atoms with Crippen molar-refractivity contribution in [1.29, 1.82) is 0 Å². The van der Waals surface area contributed by atoms with E-state index in [-0.39, 0.29) is 47.9 Å². The molecule has 0 saturated carbocycles. The number of hydrogen-bond donors (Lipinski definition) is 7. The summed E-state index contributed by atoms with van der Waals surface area (Å²) >= 11 is 13.6. The van der Waals surface area contributed by atoms with E-state index in [1.807, 2.05) is 186 Å². The van der Waals surface area contributed by atoms with Gasteiger partial charge in [-0.3, -0.25) is 20.1 Å². The summed E-state index contributed by atoms with van der Waals surface area (Å²) < 4.78 is 43.6. The van der Waals surface area contributed by atoms with E-state index in [9.17, 15) is 0 Å². The molecule has 9 N–H and O–H groups in total. The van der Waals surface area contributed by atoms with Crippen molar-refractivity contribution in [1.82, 2.24) is 45.9 Å². The summed E-state index contributed by atoms with van der Waals surface area (Å²) in [4.78, 5) is 20.6. The average Bonchev–Trinajstić information content (AvgIpc) is 1.61. The predicted octanol–water partition coefficient (Wildman–Crippen LogP) is 14.8. The van der Waals surface area contributed by atoms with E-state index in [0.29, 0.717) is 11.2 Å².